The van der Waals surface area contributed by atoms with Crippen LogP contribution in [0.25, 0.3) is 0 Å². The van der Waals surface area contributed by atoms with Crippen molar-refractivity contribution in [2.24, 2.45) is 0 Å². The van der Waals surface area contributed by atoms with Gasteiger partial charge < -0.3 is 5.32 Å². The normalized spacial score (nSPS) is 17.6. The first-order valence-corrected chi connectivity index (χ1v) is 7.85. The molecule has 1 aliphatic heterocycles. The van der Waals surface area contributed by atoms with Gasteiger partial charge in [0.15, 0.2) is 0 Å². The molecule has 1 amide bonds. The molecule has 4 nitrogen and oxygen atoms in total. The summed E-state index contributed by atoms with van der Waals surface area (Å²) in [5.41, 5.74) is 2.59. The Hall–Kier alpha value is -2.64. The van der Waals surface area contributed by atoms with Crippen molar-refractivity contribution in [3.05, 3.63) is 65.7 Å². The lowest BCUT2D eigenvalue weighted by molar-refractivity contribution is -0.117. The van der Waals surface area contributed by atoms with Crippen molar-refractivity contribution >= 4 is 11.6 Å². The number of amides is 1. The van der Waals surface area contributed by atoms with Crippen molar-refractivity contribution in [3.63, 3.8) is 0 Å². The van der Waals surface area contributed by atoms with E-state index in [9.17, 15) is 4.79 Å². The van der Waals surface area contributed by atoms with Crippen LogP contribution in [0, 0.1) is 11.3 Å². The van der Waals surface area contributed by atoms with Crippen LogP contribution in [0.3, 0.4) is 0 Å². The Kier molecular flexibility index (Phi) is 4.70. The lowest BCUT2D eigenvalue weighted by Crippen LogP contribution is -2.32. The molecule has 4 heteroatoms. The zero-order valence-electron chi connectivity index (χ0n) is 12.9. The average Bonchev–Trinajstić information content (AvgIpc) is 3.04. The first-order chi connectivity index (χ1) is 11.3. The second-order valence-corrected chi connectivity index (χ2v) is 5.78. The Morgan fingerprint density at radius 2 is 1.91 bits per heavy atom. The highest BCUT2D eigenvalue weighted by Gasteiger charge is 2.27. The molecular formula is C19H19N3O. The fraction of sp³-hybridized carbons (Fsp3) is 0.263. The van der Waals surface area contributed by atoms with Gasteiger partial charge in [-0.05, 0) is 49.2 Å². The Bertz CT molecular complexity index is 704. The number of hydrogen-bond donors (Lipinski definition) is 1. The minimum absolute atomic E-state index is 0.0162. The molecule has 1 heterocycles. The summed E-state index contributed by atoms with van der Waals surface area (Å²) in [5, 5.41) is 11.7. The number of carbonyl (C=O) groups excluding carboxylic acids is 1. The molecule has 0 spiro atoms. The smallest absolute Gasteiger partial charge is 0.238 e. The van der Waals surface area contributed by atoms with E-state index in [1.54, 1.807) is 24.3 Å². The zero-order valence-corrected chi connectivity index (χ0v) is 12.9. The average molecular weight is 305 g/mol. The lowest BCUT2D eigenvalue weighted by Gasteiger charge is -2.24. The minimum Gasteiger partial charge on any atom is -0.325 e. The molecule has 1 aliphatic rings. The number of benzene rings is 2. The van der Waals surface area contributed by atoms with Gasteiger partial charge >= 0.3 is 0 Å². The molecule has 1 saturated heterocycles. The number of carbonyl (C=O) groups is 1. The van der Waals surface area contributed by atoms with E-state index in [1.165, 1.54) is 5.56 Å². The van der Waals surface area contributed by atoms with Gasteiger partial charge in [0.2, 0.25) is 5.91 Å². The maximum atomic E-state index is 12.3. The quantitative estimate of drug-likeness (QED) is 0.942. The Labute approximate surface area is 136 Å². The third-order valence-electron chi connectivity index (χ3n) is 4.19. The molecule has 116 valence electrons. The molecule has 0 aliphatic carbocycles. The van der Waals surface area contributed by atoms with Crippen molar-refractivity contribution in [1.29, 1.82) is 5.26 Å². The van der Waals surface area contributed by atoms with E-state index in [2.05, 4.69) is 28.4 Å². The van der Waals surface area contributed by atoms with Gasteiger partial charge in [0.05, 0.1) is 18.2 Å². The number of nitriles is 1. The van der Waals surface area contributed by atoms with E-state index in [-0.39, 0.29) is 5.91 Å². The summed E-state index contributed by atoms with van der Waals surface area (Å²) in [4.78, 5) is 14.5. The molecule has 3 rings (SSSR count). The molecule has 0 saturated carbocycles. The van der Waals surface area contributed by atoms with Crippen LogP contribution in [0.15, 0.2) is 54.6 Å². The van der Waals surface area contributed by atoms with Gasteiger partial charge in [-0.3, -0.25) is 9.69 Å². The fourth-order valence-corrected chi connectivity index (χ4v) is 3.08. The third-order valence-corrected chi connectivity index (χ3v) is 4.19. The van der Waals surface area contributed by atoms with E-state index >= 15 is 0 Å². The van der Waals surface area contributed by atoms with Crippen LogP contribution < -0.4 is 5.32 Å². The van der Waals surface area contributed by atoms with Gasteiger partial charge in [0.1, 0.15) is 0 Å². The summed E-state index contributed by atoms with van der Waals surface area (Å²) < 4.78 is 0. The van der Waals surface area contributed by atoms with E-state index < -0.39 is 0 Å². The van der Waals surface area contributed by atoms with Crippen molar-refractivity contribution in [1.82, 2.24) is 4.90 Å². The summed E-state index contributed by atoms with van der Waals surface area (Å²) >= 11 is 0. The second-order valence-electron chi connectivity index (χ2n) is 5.78. The van der Waals surface area contributed by atoms with Crippen LogP contribution in [0.4, 0.5) is 5.69 Å². The third kappa shape index (κ3) is 3.77. The molecule has 2 aromatic rings. The van der Waals surface area contributed by atoms with E-state index in [0.717, 1.165) is 25.1 Å². The largest absolute Gasteiger partial charge is 0.325 e. The van der Waals surface area contributed by atoms with Gasteiger partial charge in [-0.1, -0.05) is 30.3 Å². The number of anilines is 1. The molecule has 0 radical (unpaired) electrons. The highest BCUT2D eigenvalue weighted by atomic mass is 16.2. The summed E-state index contributed by atoms with van der Waals surface area (Å²) in [6.07, 6.45) is 2.21. The molecule has 1 unspecified atom stereocenters. The molecule has 1 fully saturated rings. The first-order valence-electron chi connectivity index (χ1n) is 7.85. The Balaban J connectivity index is 1.61. The number of hydrogen-bond acceptors (Lipinski definition) is 3. The summed E-state index contributed by atoms with van der Waals surface area (Å²) in [6.45, 7) is 1.33. The number of nitrogens with zero attached hydrogens (tertiary/aromatic N) is 2. The van der Waals surface area contributed by atoms with Gasteiger partial charge in [0, 0.05) is 11.7 Å². The first kappa shape index (κ1) is 15.3. The van der Waals surface area contributed by atoms with Gasteiger partial charge in [-0.2, -0.15) is 5.26 Å². The number of rotatable bonds is 4. The second kappa shape index (κ2) is 7.08. The zero-order chi connectivity index (χ0) is 16.1. The van der Waals surface area contributed by atoms with Crippen LogP contribution in [0.1, 0.15) is 30.0 Å². The lowest BCUT2D eigenvalue weighted by atomic mass is 10.0. The standard InChI is InChI=1S/C19H19N3O/c20-13-15-8-10-17(11-9-15)21-19(23)14-22-12-4-7-18(22)16-5-2-1-3-6-16/h1-3,5-6,8-11,18H,4,7,12,14H2,(H,21,23). The molecule has 1 N–H and O–H groups in total. The predicted octanol–water partition coefficient (Wildman–Crippen LogP) is 3.33. The molecule has 0 aromatic heterocycles. The van der Waals surface area contributed by atoms with Crippen molar-refractivity contribution in [2.45, 2.75) is 18.9 Å². The van der Waals surface area contributed by atoms with Gasteiger partial charge in [-0.15, -0.1) is 0 Å². The van der Waals surface area contributed by atoms with Crippen LogP contribution in [-0.2, 0) is 4.79 Å². The summed E-state index contributed by atoms with van der Waals surface area (Å²) in [5.74, 6) is -0.0162. The number of nitrogens with one attached hydrogen (secondary N) is 1. The van der Waals surface area contributed by atoms with Crippen LogP contribution >= 0.6 is 0 Å². The monoisotopic (exact) mass is 305 g/mol. The summed E-state index contributed by atoms with van der Waals surface area (Å²) in [7, 11) is 0. The topological polar surface area (TPSA) is 56.1 Å². The summed E-state index contributed by atoms with van der Waals surface area (Å²) in [6, 6.07) is 19.7. The van der Waals surface area contributed by atoms with Crippen molar-refractivity contribution in [3.8, 4) is 6.07 Å². The predicted molar refractivity (Wildman–Crippen MR) is 89.8 cm³/mol. The molecular weight excluding hydrogens is 286 g/mol. The highest BCUT2D eigenvalue weighted by molar-refractivity contribution is 5.92. The molecule has 23 heavy (non-hydrogen) atoms. The maximum Gasteiger partial charge on any atom is 0.238 e. The van der Waals surface area contributed by atoms with Gasteiger partial charge in [-0.25, -0.2) is 0 Å². The fourth-order valence-electron chi connectivity index (χ4n) is 3.08. The van der Waals surface area contributed by atoms with E-state index in [1.807, 2.05) is 18.2 Å². The van der Waals surface area contributed by atoms with E-state index in [4.69, 9.17) is 5.26 Å². The highest BCUT2D eigenvalue weighted by Crippen LogP contribution is 2.31. The van der Waals surface area contributed by atoms with Crippen LogP contribution in [0.5, 0.6) is 0 Å². The van der Waals surface area contributed by atoms with Crippen LogP contribution in [-0.4, -0.2) is 23.9 Å². The van der Waals surface area contributed by atoms with E-state index in [0.29, 0.717) is 18.2 Å². The Morgan fingerprint density at radius 1 is 1.17 bits per heavy atom. The SMILES string of the molecule is N#Cc1ccc(NC(=O)CN2CCCC2c2ccccc2)cc1. The number of likely N-dealkylation sites (tertiary alicyclic amines) is 1. The molecule has 1 atom stereocenters. The molecule has 0 bridgehead atoms. The van der Waals surface area contributed by atoms with Gasteiger partial charge in [0.25, 0.3) is 0 Å². The van der Waals surface area contributed by atoms with Crippen molar-refractivity contribution in [2.75, 3.05) is 18.4 Å². The Morgan fingerprint density at radius 3 is 2.61 bits per heavy atom. The van der Waals surface area contributed by atoms with Crippen LogP contribution in [0.2, 0.25) is 0 Å². The van der Waals surface area contributed by atoms with Crippen molar-refractivity contribution < 1.29 is 4.79 Å². The molecule has 2 aromatic carbocycles. The minimum atomic E-state index is -0.0162. The maximum absolute atomic E-state index is 12.3.